The van der Waals surface area contributed by atoms with Crippen molar-refractivity contribution in [1.82, 2.24) is 5.32 Å². The molecule has 0 saturated carbocycles. The van der Waals surface area contributed by atoms with Crippen molar-refractivity contribution in [3.63, 3.8) is 0 Å². The molecule has 1 heterocycles. The topological polar surface area (TPSA) is 97.2 Å². The molecule has 0 saturated heterocycles. The first-order chi connectivity index (χ1) is 22.7. The van der Waals surface area contributed by atoms with E-state index in [1.807, 2.05) is 109 Å². The Hall–Kier alpha value is -6.45. The highest BCUT2D eigenvalue weighted by Gasteiger charge is 2.19. The van der Waals surface area contributed by atoms with Crippen molar-refractivity contribution in [1.29, 1.82) is 10.7 Å². The fourth-order valence-electron chi connectivity index (χ4n) is 5.58. The first kappa shape index (κ1) is 28.3. The van der Waals surface area contributed by atoms with E-state index in [1.54, 1.807) is 12.3 Å². The second-order valence-electron chi connectivity index (χ2n) is 10.9. The van der Waals surface area contributed by atoms with Crippen molar-refractivity contribution in [3.05, 3.63) is 162 Å². The number of hydrogen-bond donors (Lipinski definition) is 3. The fraction of sp³-hybridized carbons (Fsp3) is 0.0250. The molecule has 0 aliphatic rings. The Kier molecular flexibility index (Phi) is 7.79. The molecule has 1 atom stereocenters. The summed E-state index contributed by atoms with van der Waals surface area (Å²) in [6, 6.07) is 49.6. The number of nitriles is 1. The van der Waals surface area contributed by atoms with Crippen molar-refractivity contribution in [3.8, 4) is 28.3 Å². The second-order valence-corrected chi connectivity index (χ2v) is 10.9. The number of hydrogen-bond acceptors (Lipinski definition) is 5. The van der Waals surface area contributed by atoms with Gasteiger partial charge >= 0.3 is 0 Å². The number of nitrogens with one attached hydrogen (secondary N) is 3. The molecule has 0 fully saturated rings. The smallest absolute Gasteiger partial charge is 0.195 e. The van der Waals surface area contributed by atoms with Crippen molar-refractivity contribution in [2.45, 2.75) is 6.29 Å². The lowest BCUT2D eigenvalue weighted by Crippen LogP contribution is -2.39. The van der Waals surface area contributed by atoms with Crippen LogP contribution in [-0.2, 0) is 0 Å². The van der Waals surface area contributed by atoms with Gasteiger partial charge in [0.2, 0.25) is 0 Å². The maximum Gasteiger partial charge on any atom is 0.195 e. The summed E-state index contributed by atoms with van der Waals surface area (Å²) in [5.74, 6) is 0.194. The molecule has 6 heteroatoms. The quantitative estimate of drug-likeness (QED) is 0.0927. The van der Waals surface area contributed by atoms with E-state index in [1.165, 1.54) is 0 Å². The van der Waals surface area contributed by atoms with Gasteiger partial charge in [0.25, 0.3) is 0 Å². The van der Waals surface area contributed by atoms with Crippen LogP contribution in [0.15, 0.2) is 155 Å². The summed E-state index contributed by atoms with van der Waals surface area (Å²) < 4.78 is 6.46. The van der Waals surface area contributed by atoms with Gasteiger partial charge in [-0.15, -0.1) is 0 Å². The molecule has 46 heavy (non-hydrogen) atoms. The minimum absolute atomic E-state index is 0.194. The van der Waals surface area contributed by atoms with E-state index in [0.717, 1.165) is 55.4 Å². The molecule has 0 radical (unpaired) electrons. The summed E-state index contributed by atoms with van der Waals surface area (Å²) in [4.78, 5) is 4.89. The van der Waals surface area contributed by atoms with Gasteiger partial charge in [-0.05, 0) is 52.6 Å². The summed E-state index contributed by atoms with van der Waals surface area (Å²) >= 11 is 0. The molecule has 0 aliphatic carbocycles. The predicted octanol–water partition coefficient (Wildman–Crippen LogP) is 9.22. The van der Waals surface area contributed by atoms with Gasteiger partial charge in [0.1, 0.15) is 11.4 Å². The summed E-state index contributed by atoms with van der Waals surface area (Å²) in [6.45, 7) is 0. The monoisotopic (exact) mass is 595 g/mol. The van der Waals surface area contributed by atoms with Crippen LogP contribution in [0.2, 0.25) is 0 Å². The molecule has 7 rings (SSSR count). The summed E-state index contributed by atoms with van der Waals surface area (Å²) in [7, 11) is 0. The Morgan fingerprint density at radius 1 is 0.717 bits per heavy atom. The number of amidine groups is 1. The Labute approximate surface area is 266 Å². The van der Waals surface area contributed by atoms with E-state index in [4.69, 9.17) is 14.8 Å². The molecule has 1 aromatic heterocycles. The standard InChI is InChI=1S/C40H29N5O/c41-25-28-13-9-16-30(23-28)31-17-10-18-32(24-31)39(42)45-40(43-26-27-11-3-1-4-12-27)44-37-33(29-14-5-2-6-15-29)21-22-35-34-19-7-8-20-36(34)46-38(35)37/h1-24,26,40,44H,(H2,42,45)/b43-26+. The molecule has 220 valence electrons. The van der Waals surface area contributed by atoms with Crippen LogP contribution < -0.4 is 10.6 Å². The number of aliphatic imine (C=N–C) groups is 1. The lowest BCUT2D eigenvalue weighted by Gasteiger charge is -2.22. The third-order valence-electron chi connectivity index (χ3n) is 7.84. The first-order valence-corrected chi connectivity index (χ1v) is 15.0. The molecule has 0 bridgehead atoms. The van der Waals surface area contributed by atoms with Crippen molar-refractivity contribution in [2.24, 2.45) is 4.99 Å². The van der Waals surface area contributed by atoms with Crippen LogP contribution in [-0.4, -0.2) is 18.3 Å². The normalized spacial score (nSPS) is 11.8. The average molecular weight is 596 g/mol. The Balaban J connectivity index is 1.29. The Morgan fingerprint density at radius 3 is 2.22 bits per heavy atom. The molecular formula is C40H29N5O. The minimum atomic E-state index is -0.723. The van der Waals surface area contributed by atoms with Crippen LogP contribution in [0.1, 0.15) is 16.7 Å². The van der Waals surface area contributed by atoms with Crippen LogP contribution in [0, 0.1) is 16.7 Å². The number of para-hydroxylation sites is 1. The van der Waals surface area contributed by atoms with Crippen molar-refractivity contribution < 1.29 is 4.42 Å². The van der Waals surface area contributed by atoms with E-state index < -0.39 is 6.29 Å². The van der Waals surface area contributed by atoms with Gasteiger partial charge in [-0.3, -0.25) is 5.41 Å². The van der Waals surface area contributed by atoms with Gasteiger partial charge in [-0.2, -0.15) is 5.26 Å². The van der Waals surface area contributed by atoms with E-state index in [9.17, 15) is 5.26 Å². The SMILES string of the molecule is N#Cc1cccc(-c2cccc(C(=N)NC(/N=C/c3ccccc3)Nc3c(-c4ccccc4)ccc4c3oc3ccccc34)c2)c1. The molecule has 7 aromatic rings. The molecule has 6 aromatic carbocycles. The average Bonchev–Trinajstić information content (AvgIpc) is 3.51. The van der Waals surface area contributed by atoms with E-state index >= 15 is 0 Å². The summed E-state index contributed by atoms with van der Waals surface area (Å²) in [6.07, 6.45) is 1.07. The van der Waals surface area contributed by atoms with Crippen LogP contribution in [0.5, 0.6) is 0 Å². The highest BCUT2D eigenvalue weighted by atomic mass is 16.3. The molecule has 1 unspecified atom stereocenters. The highest BCUT2D eigenvalue weighted by molar-refractivity contribution is 6.12. The second kappa shape index (κ2) is 12.7. The lowest BCUT2D eigenvalue weighted by atomic mass is 10.0. The third-order valence-corrected chi connectivity index (χ3v) is 7.84. The summed E-state index contributed by atoms with van der Waals surface area (Å²) in [5, 5.41) is 27.4. The van der Waals surface area contributed by atoms with Gasteiger partial charge < -0.3 is 15.1 Å². The number of anilines is 1. The van der Waals surface area contributed by atoms with Crippen LogP contribution in [0.4, 0.5) is 5.69 Å². The van der Waals surface area contributed by atoms with Crippen LogP contribution in [0.25, 0.3) is 44.2 Å². The molecule has 0 aliphatic heterocycles. The van der Waals surface area contributed by atoms with E-state index in [0.29, 0.717) is 11.1 Å². The molecular weight excluding hydrogens is 566 g/mol. The zero-order valence-electron chi connectivity index (χ0n) is 24.8. The van der Waals surface area contributed by atoms with Gasteiger partial charge in [0, 0.05) is 28.1 Å². The Bertz CT molecular complexity index is 2250. The highest BCUT2D eigenvalue weighted by Crippen LogP contribution is 2.40. The van der Waals surface area contributed by atoms with E-state index in [2.05, 4.69) is 47.0 Å². The van der Waals surface area contributed by atoms with Gasteiger partial charge in [0.15, 0.2) is 11.9 Å². The largest absolute Gasteiger partial charge is 0.454 e. The number of nitrogens with zero attached hydrogens (tertiary/aromatic N) is 2. The first-order valence-electron chi connectivity index (χ1n) is 15.0. The maximum atomic E-state index is 9.38. The molecule has 3 N–H and O–H groups in total. The molecule has 6 nitrogen and oxygen atoms in total. The Morgan fingerprint density at radius 2 is 1.41 bits per heavy atom. The lowest BCUT2D eigenvalue weighted by molar-refractivity contribution is 0.664. The molecule has 0 spiro atoms. The van der Waals surface area contributed by atoms with Crippen LogP contribution >= 0.6 is 0 Å². The number of furan rings is 1. The maximum absolute atomic E-state index is 9.38. The van der Waals surface area contributed by atoms with Gasteiger partial charge in [-0.25, -0.2) is 4.99 Å². The van der Waals surface area contributed by atoms with Gasteiger partial charge in [0.05, 0.1) is 17.3 Å². The fourth-order valence-corrected chi connectivity index (χ4v) is 5.58. The third kappa shape index (κ3) is 5.86. The van der Waals surface area contributed by atoms with Crippen molar-refractivity contribution in [2.75, 3.05) is 5.32 Å². The van der Waals surface area contributed by atoms with Crippen LogP contribution in [0.3, 0.4) is 0 Å². The predicted molar refractivity (Wildman–Crippen MR) is 187 cm³/mol. The van der Waals surface area contributed by atoms with Gasteiger partial charge in [-0.1, -0.05) is 115 Å². The minimum Gasteiger partial charge on any atom is -0.454 e. The van der Waals surface area contributed by atoms with E-state index in [-0.39, 0.29) is 5.84 Å². The zero-order valence-corrected chi connectivity index (χ0v) is 24.8. The van der Waals surface area contributed by atoms with Crippen molar-refractivity contribution >= 4 is 39.7 Å². The number of rotatable bonds is 8. The number of fused-ring (bicyclic) bond motifs is 3. The zero-order chi connectivity index (χ0) is 31.3. The number of benzene rings is 6. The molecule has 0 amide bonds. The summed E-state index contributed by atoms with van der Waals surface area (Å²) in [5.41, 5.74) is 8.32.